The second kappa shape index (κ2) is 7.25. The molecule has 0 unspecified atom stereocenters. The van der Waals surface area contributed by atoms with Crippen LogP contribution in [0, 0.1) is 12.3 Å². The van der Waals surface area contributed by atoms with Crippen LogP contribution in [0.15, 0.2) is 59.3 Å². The molecule has 116 valence electrons. The van der Waals surface area contributed by atoms with Gasteiger partial charge < -0.3 is 0 Å². The number of halogens is 4. The van der Waals surface area contributed by atoms with Gasteiger partial charge in [0.1, 0.15) is 10.3 Å². The van der Waals surface area contributed by atoms with E-state index in [0.29, 0.717) is 5.69 Å². The second-order valence-electron chi connectivity index (χ2n) is 4.37. The Kier molecular flexibility index (Phi) is 5.35. The third-order valence-electron chi connectivity index (χ3n) is 2.81. The van der Waals surface area contributed by atoms with E-state index in [0.717, 1.165) is 17.0 Å². The summed E-state index contributed by atoms with van der Waals surface area (Å²) in [5, 5.41) is 1.12. The Morgan fingerprint density at radius 3 is 2.35 bits per heavy atom. The molecule has 0 radical (unpaired) electrons. The first-order valence-corrected chi connectivity index (χ1v) is 7.21. The molecule has 2 heterocycles. The molecule has 0 aliphatic carbocycles. The highest BCUT2D eigenvalue weighted by atomic mass is 79.9. The molecule has 0 bridgehead atoms. The van der Waals surface area contributed by atoms with Crippen LogP contribution in [0.5, 0.6) is 0 Å². The molecular formula is C17H10BrF3N2. The average Bonchev–Trinajstić information content (AvgIpc) is 2.54. The Labute approximate surface area is 139 Å². The van der Waals surface area contributed by atoms with Crippen LogP contribution in [0.4, 0.5) is 13.2 Å². The second-order valence-corrected chi connectivity index (χ2v) is 5.12. The summed E-state index contributed by atoms with van der Waals surface area (Å²) in [5.74, 6) is 2.51. The van der Waals surface area contributed by atoms with E-state index in [1.807, 2.05) is 36.4 Å². The molecule has 0 saturated heterocycles. The van der Waals surface area contributed by atoms with Crippen LogP contribution >= 0.6 is 15.9 Å². The van der Waals surface area contributed by atoms with Crippen molar-refractivity contribution in [2.75, 3.05) is 0 Å². The summed E-state index contributed by atoms with van der Waals surface area (Å²) in [7, 11) is 0. The number of para-hydroxylation sites is 1. The zero-order chi connectivity index (χ0) is 16.9. The number of terminal acetylenes is 1. The SMILES string of the molecule is C#Cc1ccc2ccccc2n1.FC(F)(F)c1cccnc1Br. The molecule has 0 saturated carbocycles. The molecular weight excluding hydrogens is 369 g/mol. The number of hydrogen-bond acceptors (Lipinski definition) is 2. The molecule has 0 aliphatic rings. The van der Waals surface area contributed by atoms with Crippen molar-refractivity contribution in [2.24, 2.45) is 0 Å². The lowest BCUT2D eigenvalue weighted by molar-refractivity contribution is -0.138. The predicted octanol–water partition coefficient (Wildman–Crippen LogP) is 5.08. The fraction of sp³-hybridized carbons (Fsp3) is 0.0588. The smallest absolute Gasteiger partial charge is 0.249 e. The third-order valence-corrected chi connectivity index (χ3v) is 3.44. The minimum absolute atomic E-state index is 0.174. The number of rotatable bonds is 0. The largest absolute Gasteiger partial charge is 0.419 e. The van der Waals surface area contributed by atoms with Crippen molar-refractivity contribution in [1.82, 2.24) is 9.97 Å². The van der Waals surface area contributed by atoms with Crippen LogP contribution < -0.4 is 0 Å². The van der Waals surface area contributed by atoms with Gasteiger partial charge in [-0.05, 0) is 40.2 Å². The zero-order valence-corrected chi connectivity index (χ0v) is 13.3. The molecule has 6 heteroatoms. The minimum atomic E-state index is -4.33. The van der Waals surface area contributed by atoms with Gasteiger partial charge in [-0.3, -0.25) is 0 Å². The molecule has 2 nitrogen and oxygen atoms in total. The van der Waals surface area contributed by atoms with E-state index in [1.165, 1.54) is 12.3 Å². The van der Waals surface area contributed by atoms with Gasteiger partial charge in [0, 0.05) is 11.6 Å². The van der Waals surface area contributed by atoms with E-state index in [4.69, 9.17) is 6.42 Å². The van der Waals surface area contributed by atoms with Gasteiger partial charge in [0.25, 0.3) is 0 Å². The standard InChI is InChI=1S/C11H7N.C6H3BrF3N/c1-2-10-8-7-9-5-3-4-6-11(9)12-10;7-5-4(6(8,9)10)2-1-3-11-5/h1,3-8H;1-3H. The summed E-state index contributed by atoms with van der Waals surface area (Å²) >= 11 is 2.70. The van der Waals surface area contributed by atoms with E-state index in [2.05, 4.69) is 31.8 Å². The summed E-state index contributed by atoms with van der Waals surface area (Å²) < 4.78 is 35.8. The summed E-state index contributed by atoms with van der Waals surface area (Å²) in [6.45, 7) is 0. The molecule has 0 fully saturated rings. The molecule has 0 aliphatic heterocycles. The highest BCUT2D eigenvalue weighted by Crippen LogP contribution is 2.32. The van der Waals surface area contributed by atoms with Crippen LogP contribution in [0.1, 0.15) is 11.3 Å². The van der Waals surface area contributed by atoms with Crippen LogP contribution in [0.3, 0.4) is 0 Å². The maximum absolute atomic E-state index is 12.0. The Hall–Kier alpha value is -2.39. The quantitative estimate of drug-likeness (QED) is 0.402. The Bertz CT molecular complexity index is 854. The van der Waals surface area contributed by atoms with Crippen molar-refractivity contribution in [3.05, 3.63) is 70.6 Å². The molecule has 3 aromatic rings. The minimum Gasteiger partial charge on any atom is -0.249 e. The van der Waals surface area contributed by atoms with Crippen molar-refractivity contribution < 1.29 is 13.2 Å². The van der Waals surface area contributed by atoms with Crippen LogP contribution in [0.2, 0.25) is 0 Å². The molecule has 0 N–H and O–H groups in total. The molecule has 23 heavy (non-hydrogen) atoms. The monoisotopic (exact) mass is 378 g/mol. The molecule has 1 aromatic carbocycles. The zero-order valence-electron chi connectivity index (χ0n) is 11.7. The van der Waals surface area contributed by atoms with E-state index < -0.39 is 11.7 Å². The number of hydrogen-bond donors (Lipinski definition) is 0. The van der Waals surface area contributed by atoms with Gasteiger partial charge in [-0.1, -0.05) is 30.2 Å². The van der Waals surface area contributed by atoms with Crippen LogP contribution in [0.25, 0.3) is 10.9 Å². The molecule has 0 amide bonds. The topological polar surface area (TPSA) is 25.8 Å². The Morgan fingerprint density at radius 1 is 1.00 bits per heavy atom. The lowest BCUT2D eigenvalue weighted by atomic mass is 10.2. The van der Waals surface area contributed by atoms with Crippen LogP contribution in [-0.4, -0.2) is 9.97 Å². The van der Waals surface area contributed by atoms with Crippen molar-refractivity contribution in [3.63, 3.8) is 0 Å². The third kappa shape index (κ3) is 4.54. The summed E-state index contributed by atoms with van der Waals surface area (Å²) in [5.41, 5.74) is 0.890. The molecule has 3 rings (SSSR count). The number of nitrogens with zero attached hydrogens (tertiary/aromatic N) is 2. The number of benzene rings is 1. The van der Waals surface area contributed by atoms with Gasteiger partial charge in [0.2, 0.25) is 0 Å². The summed E-state index contributed by atoms with van der Waals surface area (Å²) in [6, 6.07) is 14.0. The van der Waals surface area contributed by atoms with Gasteiger partial charge in [-0.15, -0.1) is 6.42 Å². The summed E-state index contributed by atoms with van der Waals surface area (Å²) in [6.07, 6.45) is 2.19. The van der Waals surface area contributed by atoms with Crippen molar-refractivity contribution in [2.45, 2.75) is 6.18 Å². The molecule has 0 atom stereocenters. The summed E-state index contributed by atoms with van der Waals surface area (Å²) in [4.78, 5) is 7.70. The van der Waals surface area contributed by atoms with Crippen molar-refractivity contribution in [3.8, 4) is 12.3 Å². The fourth-order valence-electron chi connectivity index (χ4n) is 1.74. The molecule has 2 aromatic heterocycles. The lowest BCUT2D eigenvalue weighted by Gasteiger charge is -2.06. The highest BCUT2D eigenvalue weighted by molar-refractivity contribution is 9.10. The number of fused-ring (bicyclic) bond motifs is 1. The van der Waals surface area contributed by atoms with Crippen molar-refractivity contribution in [1.29, 1.82) is 0 Å². The fourth-order valence-corrected chi connectivity index (χ4v) is 2.22. The van der Waals surface area contributed by atoms with Gasteiger partial charge in [-0.25, -0.2) is 9.97 Å². The first kappa shape index (κ1) is 17.0. The Morgan fingerprint density at radius 2 is 1.74 bits per heavy atom. The van der Waals surface area contributed by atoms with Gasteiger partial charge in [0.15, 0.2) is 0 Å². The van der Waals surface area contributed by atoms with Gasteiger partial charge in [-0.2, -0.15) is 13.2 Å². The van der Waals surface area contributed by atoms with E-state index in [9.17, 15) is 13.2 Å². The molecule has 0 spiro atoms. The first-order valence-electron chi connectivity index (χ1n) is 6.42. The number of aromatic nitrogens is 2. The number of pyridine rings is 2. The van der Waals surface area contributed by atoms with Crippen LogP contribution in [-0.2, 0) is 6.18 Å². The van der Waals surface area contributed by atoms with Gasteiger partial charge >= 0.3 is 6.18 Å². The van der Waals surface area contributed by atoms with E-state index in [-0.39, 0.29) is 4.60 Å². The maximum atomic E-state index is 12.0. The predicted molar refractivity (Wildman–Crippen MR) is 86.6 cm³/mol. The Balaban J connectivity index is 0.000000168. The average molecular weight is 379 g/mol. The van der Waals surface area contributed by atoms with Gasteiger partial charge in [0.05, 0.1) is 11.1 Å². The van der Waals surface area contributed by atoms with E-state index in [1.54, 1.807) is 0 Å². The number of alkyl halides is 3. The lowest BCUT2D eigenvalue weighted by Crippen LogP contribution is -2.06. The van der Waals surface area contributed by atoms with Crippen molar-refractivity contribution >= 4 is 26.8 Å². The van der Waals surface area contributed by atoms with E-state index >= 15 is 0 Å². The highest BCUT2D eigenvalue weighted by Gasteiger charge is 2.33. The normalized spacial score (nSPS) is 10.6. The maximum Gasteiger partial charge on any atom is 0.419 e. The first-order chi connectivity index (χ1) is 10.9.